The van der Waals surface area contributed by atoms with Crippen molar-refractivity contribution in [2.45, 2.75) is 13.0 Å². The van der Waals surface area contributed by atoms with Crippen molar-refractivity contribution in [3.05, 3.63) is 65.7 Å². The summed E-state index contributed by atoms with van der Waals surface area (Å²) in [5.41, 5.74) is 6.99. The summed E-state index contributed by atoms with van der Waals surface area (Å²) in [7, 11) is 0. The second-order valence-electron chi connectivity index (χ2n) is 4.62. The van der Waals surface area contributed by atoms with Gasteiger partial charge in [-0.25, -0.2) is 8.78 Å². The molecule has 2 rings (SSSR count). The van der Waals surface area contributed by atoms with Crippen molar-refractivity contribution in [3.63, 3.8) is 0 Å². The molecule has 0 radical (unpaired) electrons. The average molecular weight is 276 g/mol. The molecule has 106 valence electrons. The molecule has 4 heteroatoms. The Morgan fingerprint density at radius 1 is 1.00 bits per heavy atom. The summed E-state index contributed by atoms with van der Waals surface area (Å²) in [6.45, 7) is 2.88. The summed E-state index contributed by atoms with van der Waals surface area (Å²) < 4.78 is 27.5. The van der Waals surface area contributed by atoms with Crippen LogP contribution in [0.25, 0.3) is 0 Å². The predicted molar refractivity (Wildman–Crippen MR) is 77.6 cm³/mol. The Bertz CT molecular complexity index is 572. The van der Waals surface area contributed by atoms with E-state index in [-0.39, 0.29) is 11.6 Å². The molecule has 0 aliphatic rings. The molecule has 2 aromatic rings. The number of nitrogens with two attached hydrogens (primary N) is 1. The van der Waals surface area contributed by atoms with Crippen LogP contribution in [0, 0.1) is 11.6 Å². The monoisotopic (exact) mass is 276 g/mol. The first-order chi connectivity index (χ1) is 9.63. The first-order valence-corrected chi connectivity index (χ1v) is 6.63. The van der Waals surface area contributed by atoms with Gasteiger partial charge in [-0.2, -0.15) is 0 Å². The smallest absolute Gasteiger partial charge is 0.146 e. The van der Waals surface area contributed by atoms with E-state index in [1.54, 1.807) is 36.4 Å². The minimum absolute atomic E-state index is 0.296. The van der Waals surface area contributed by atoms with Gasteiger partial charge in [-0.15, -0.1) is 0 Å². The SMILES string of the molecule is CCN(CC(N)c1ccccc1F)c1ccccc1F. The molecule has 0 saturated heterocycles. The van der Waals surface area contributed by atoms with Crippen molar-refractivity contribution in [2.24, 2.45) is 5.73 Å². The molecule has 0 spiro atoms. The van der Waals surface area contributed by atoms with Crippen molar-refractivity contribution in [3.8, 4) is 0 Å². The van der Waals surface area contributed by atoms with E-state index in [0.29, 0.717) is 24.3 Å². The van der Waals surface area contributed by atoms with Crippen molar-refractivity contribution < 1.29 is 8.78 Å². The Morgan fingerprint density at radius 3 is 2.20 bits per heavy atom. The van der Waals surface area contributed by atoms with Crippen LogP contribution in [0.5, 0.6) is 0 Å². The van der Waals surface area contributed by atoms with Gasteiger partial charge in [0, 0.05) is 18.7 Å². The van der Waals surface area contributed by atoms with Gasteiger partial charge in [0.25, 0.3) is 0 Å². The van der Waals surface area contributed by atoms with Gasteiger partial charge in [-0.05, 0) is 25.1 Å². The molecule has 0 aromatic heterocycles. The fourth-order valence-corrected chi connectivity index (χ4v) is 2.22. The summed E-state index contributed by atoms with van der Waals surface area (Å²) in [6.07, 6.45) is 0. The van der Waals surface area contributed by atoms with Crippen LogP contribution in [0.2, 0.25) is 0 Å². The lowest BCUT2D eigenvalue weighted by molar-refractivity contribution is 0.569. The van der Waals surface area contributed by atoms with E-state index in [0.717, 1.165) is 0 Å². The predicted octanol–water partition coefficient (Wildman–Crippen LogP) is 3.49. The first-order valence-electron chi connectivity index (χ1n) is 6.63. The highest BCUT2D eigenvalue weighted by atomic mass is 19.1. The minimum Gasteiger partial charge on any atom is -0.368 e. The highest BCUT2D eigenvalue weighted by Gasteiger charge is 2.16. The highest BCUT2D eigenvalue weighted by molar-refractivity contribution is 5.48. The van der Waals surface area contributed by atoms with E-state index < -0.39 is 6.04 Å². The molecule has 0 aliphatic heterocycles. The minimum atomic E-state index is -0.504. The van der Waals surface area contributed by atoms with E-state index >= 15 is 0 Å². The summed E-state index contributed by atoms with van der Waals surface area (Å²) in [4.78, 5) is 1.81. The number of benzene rings is 2. The number of anilines is 1. The Labute approximate surface area is 117 Å². The van der Waals surface area contributed by atoms with E-state index in [2.05, 4.69) is 0 Å². The molecule has 2 N–H and O–H groups in total. The lowest BCUT2D eigenvalue weighted by Crippen LogP contribution is -2.33. The van der Waals surface area contributed by atoms with Crippen LogP contribution in [0.1, 0.15) is 18.5 Å². The molecule has 1 unspecified atom stereocenters. The van der Waals surface area contributed by atoms with Crippen LogP contribution < -0.4 is 10.6 Å². The van der Waals surface area contributed by atoms with E-state index in [9.17, 15) is 8.78 Å². The molecule has 2 aromatic carbocycles. The fourth-order valence-electron chi connectivity index (χ4n) is 2.22. The fraction of sp³-hybridized carbons (Fsp3) is 0.250. The lowest BCUT2D eigenvalue weighted by atomic mass is 10.1. The maximum absolute atomic E-state index is 13.8. The molecule has 0 bridgehead atoms. The molecular weight excluding hydrogens is 258 g/mol. The summed E-state index contributed by atoms with van der Waals surface area (Å²) in [5, 5.41) is 0. The van der Waals surface area contributed by atoms with Gasteiger partial charge in [0.1, 0.15) is 11.6 Å². The van der Waals surface area contributed by atoms with Crippen molar-refractivity contribution in [1.29, 1.82) is 0 Å². The Balaban J connectivity index is 2.19. The zero-order valence-electron chi connectivity index (χ0n) is 11.4. The van der Waals surface area contributed by atoms with Crippen LogP contribution in [-0.4, -0.2) is 13.1 Å². The number of para-hydroxylation sites is 1. The molecule has 0 amide bonds. The standard InChI is InChI=1S/C16H18F2N2/c1-2-20(16-10-6-5-9-14(16)18)11-15(19)12-7-3-4-8-13(12)17/h3-10,15H,2,11,19H2,1H3. The van der Waals surface area contributed by atoms with E-state index in [4.69, 9.17) is 5.73 Å². The van der Waals surface area contributed by atoms with Crippen molar-refractivity contribution in [2.75, 3.05) is 18.0 Å². The third-order valence-corrected chi connectivity index (χ3v) is 3.30. The Morgan fingerprint density at radius 2 is 1.60 bits per heavy atom. The Kier molecular flexibility index (Phi) is 4.69. The summed E-state index contributed by atoms with van der Waals surface area (Å²) in [6, 6.07) is 12.4. The highest BCUT2D eigenvalue weighted by Crippen LogP contribution is 2.22. The summed E-state index contributed by atoms with van der Waals surface area (Å²) >= 11 is 0. The summed E-state index contributed by atoms with van der Waals surface area (Å²) in [5.74, 6) is -0.625. The zero-order chi connectivity index (χ0) is 14.5. The van der Waals surface area contributed by atoms with E-state index in [1.807, 2.05) is 11.8 Å². The maximum atomic E-state index is 13.8. The average Bonchev–Trinajstić information content (AvgIpc) is 2.46. The quantitative estimate of drug-likeness (QED) is 0.905. The molecule has 0 heterocycles. The molecule has 20 heavy (non-hydrogen) atoms. The molecule has 0 fully saturated rings. The topological polar surface area (TPSA) is 29.3 Å². The van der Waals surface area contributed by atoms with Crippen LogP contribution in [0.3, 0.4) is 0 Å². The normalized spacial score (nSPS) is 12.2. The van der Waals surface area contributed by atoms with Crippen LogP contribution >= 0.6 is 0 Å². The molecule has 0 aliphatic carbocycles. The van der Waals surface area contributed by atoms with Gasteiger partial charge in [-0.3, -0.25) is 0 Å². The van der Waals surface area contributed by atoms with Gasteiger partial charge < -0.3 is 10.6 Å². The maximum Gasteiger partial charge on any atom is 0.146 e. The lowest BCUT2D eigenvalue weighted by Gasteiger charge is -2.27. The van der Waals surface area contributed by atoms with E-state index in [1.165, 1.54) is 12.1 Å². The van der Waals surface area contributed by atoms with Gasteiger partial charge in [0.15, 0.2) is 0 Å². The van der Waals surface area contributed by atoms with Gasteiger partial charge >= 0.3 is 0 Å². The van der Waals surface area contributed by atoms with Gasteiger partial charge in [0.05, 0.1) is 11.7 Å². The molecule has 1 atom stereocenters. The van der Waals surface area contributed by atoms with Crippen LogP contribution in [0.4, 0.5) is 14.5 Å². The second kappa shape index (κ2) is 6.48. The van der Waals surface area contributed by atoms with Crippen LogP contribution in [-0.2, 0) is 0 Å². The first kappa shape index (κ1) is 14.5. The van der Waals surface area contributed by atoms with Crippen molar-refractivity contribution >= 4 is 5.69 Å². The second-order valence-corrected chi connectivity index (χ2v) is 4.62. The van der Waals surface area contributed by atoms with Crippen molar-refractivity contribution in [1.82, 2.24) is 0 Å². The Hall–Kier alpha value is -1.94. The van der Waals surface area contributed by atoms with Crippen LogP contribution in [0.15, 0.2) is 48.5 Å². The zero-order valence-corrected chi connectivity index (χ0v) is 11.4. The molecule has 0 saturated carbocycles. The third kappa shape index (κ3) is 3.14. The molecule has 2 nitrogen and oxygen atoms in total. The number of nitrogens with zero attached hydrogens (tertiary/aromatic N) is 1. The number of likely N-dealkylation sites (N-methyl/N-ethyl adjacent to an activating group) is 1. The number of hydrogen-bond donors (Lipinski definition) is 1. The van der Waals surface area contributed by atoms with Gasteiger partial charge in [-0.1, -0.05) is 30.3 Å². The number of rotatable bonds is 5. The van der Waals surface area contributed by atoms with Gasteiger partial charge in [0.2, 0.25) is 0 Å². The number of hydrogen-bond acceptors (Lipinski definition) is 2. The number of halogens is 2. The third-order valence-electron chi connectivity index (χ3n) is 3.30. The largest absolute Gasteiger partial charge is 0.368 e. The molecular formula is C16H18F2N2.